The molecule has 0 aromatic carbocycles. The van der Waals surface area contributed by atoms with E-state index < -0.39 is 0 Å². The SMILES string of the molecule is CCCCSCc1cccc(CSCCCC)n1. The van der Waals surface area contributed by atoms with E-state index in [1.807, 2.05) is 23.5 Å². The quantitative estimate of drug-likeness (QED) is 0.551. The molecular weight excluding hydrogens is 258 g/mol. The molecule has 1 rings (SSSR count). The van der Waals surface area contributed by atoms with E-state index in [-0.39, 0.29) is 0 Å². The molecule has 18 heavy (non-hydrogen) atoms. The summed E-state index contributed by atoms with van der Waals surface area (Å²) in [6.45, 7) is 4.49. The van der Waals surface area contributed by atoms with Gasteiger partial charge in [-0.2, -0.15) is 23.5 Å². The Bertz CT molecular complexity index is 288. The predicted octanol–water partition coefficient (Wildman–Crippen LogP) is 5.15. The summed E-state index contributed by atoms with van der Waals surface area (Å²) >= 11 is 4.00. The van der Waals surface area contributed by atoms with Crippen molar-refractivity contribution in [1.29, 1.82) is 0 Å². The van der Waals surface area contributed by atoms with Crippen LogP contribution in [0.1, 0.15) is 50.9 Å². The van der Waals surface area contributed by atoms with E-state index in [0.717, 1.165) is 11.5 Å². The average Bonchev–Trinajstić information content (AvgIpc) is 2.40. The minimum Gasteiger partial charge on any atom is -0.256 e. The first-order valence-corrected chi connectivity index (χ1v) is 9.28. The molecule has 0 saturated carbocycles. The third-order valence-corrected chi connectivity index (χ3v) is 4.80. The second kappa shape index (κ2) is 10.7. The van der Waals surface area contributed by atoms with Gasteiger partial charge in [0.1, 0.15) is 0 Å². The minimum atomic E-state index is 1.06. The summed E-state index contributed by atoms with van der Waals surface area (Å²) in [5.74, 6) is 4.64. The maximum atomic E-state index is 4.73. The molecule has 0 atom stereocenters. The van der Waals surface area contributed by atoms with Gasteiger partial charge in [-0.1, -0.05) is 32.8 Å². The maximum Gasteiger partial charge on any atom is 0.0506 e. The third-order valence-electron chi connectivity index (χ3n) is 2.65. The molecule has 0 bridgehead atoms. The summed E-state index contributed by atoms with van der Waals surface area (Å²) < 4.78 is 0. The lowest BCUT2D eigenvalue weighted by Gasteiger charge is -2.04. The molecule has 0 unspecified atom stereocenters. The molecule has 0 aliphatic carbocycles. The molecule has 0 spiro atoms. The van der Waals surface area contributed by atoms with Crippen LogP contribution in [-0.4, -0.2) is 16.5 Å². The first-order chi connectivity index (χ1) is 8.86. The van der Waals surface area contributed by atoms with Crippen molar-refractivity contribution in [2.75, 3.05) is 11.5 Å². The molecule has 1 heterocycles. The van der Waals surface area contributed by atoms with E-state index in [1.54, 1.807) is 0 Å². The summed E-state index contributed by atoms with van der Waals surface area (Å²) in [5, 5.41) is 0. The van der Waals surface area contributed by atoms with Crippen molar-refractivity contribution < 1.29 is 0 Å². The highest BCUT2D eigenvalue weighted by atomic mass is 32.2. The second-order valence-corrected chi connectivity index (χ2v) is 6.64. The van der Waals surface area contributed by atoms with Crippen LogP contribution in [0.25, 0.3) is 0 Å². The number of rotatable bonds is 10. The number of thioether (sulfide) groups is 2. The van der Waals surface area contributed by atoms with Crippen LogP contribution in [0, 0.1) is 0 Å². The maximum absolute atomic E-state index is 4.73. The molecule has 0 radical (unpaired) electrons. The fourth-order valence-corrected chi connectivity index (χ4v) is 3.55. The molecule has 0 fully saturated rings. The van der Waals surface area contributed by atoms with Crippen molar-refractivity contribution in [2.24, 2.45) is 0 Å². The van der Waals surface area contributed by atoms with Crippen LogP contribution in [-0.2, 0) is 11.5 Å². The smallest absolute Gasteiger partial charge is 0.0506 e. The molecule has 0 N–H and O–H groups in total. The number of unbranched alkanes of at least 4 members (excludes halogenated alkanes) is 2. The summed E-state index contributed by atoms with van der Waals surface area (Å²) in [6, 6.07) is 6.46. The van der Waals surface area contributed by atoms with Crippen LogP contribution in [0.3, 0.4) is 0 Å². The zero-order valence-electron chi connectivity index (χ0n) is 11.7. The monoisotopic (exact) mass is 283 g/mol. The Hall–Kier alpha value is -0.150. The normalized spacial score (nSPS) is 10.8. The van der Waals surface area contributed by atoms with E-state index >= 15 is 0 Å². The molecule has 0 aliphatic heterocycles. The Labute approximate surface area is 121 Å². The van der Waals surface area contributed by atoms with Gasteiger partial charge in [0.2, 0.25) is 0 Å². The zero-order chi connectivity index (χ0) is 13.1. The third kappa shape index (κ3) is 7.32. The molecule has 102 valence electrons. The van der Waals surface area contributed by atoms with Crippen LogP contribution in [0.4, 0.5) is 0 Å². The summed E-state index contributed by atoms with van der Waals surface area (Å²) in [4.78, 5) is 4.73. The molecule has 0 amide bonds. The molecule has 3 heteroatoms. The van der Waals surface area contributed by atoms with Crippen molar-refractivity contribution in [2.45, 2.75) is 51.0 Å². The van der Waals surface area contributed by atoms with Gasteiger partial charge < -0.3 is 0 Å². The Balaban J connectivity index is 2.27. The lowest BCUT2D eigenvalue weighted by molar-refractivity contribution is 0.894. The molecular formula is C15H25NS2. The Kier molecular flexibility index (Phi) is 9.49. The highest BCUT2D eigenvalue weighted by Crippen LogP contribution is 2.16. The van der Waals surface area contributed by atoms with Gasteiger partial charge in [0.15, 0.2) is 0 Å². The first-order valence-electron chi connectivity index (χ1n) is 6.97. The number of pyridine rings is 1. The Morgan fingerprint density at radius 2 is 1.39 bits per heavy atom. The zero-order valence-corrected chi connectivity index (χ0v) is 13.3. The Morgan fingerprint density at radius 3 is 1.83 bits per heavy atom. The van der Waals surface area contributed by atoms with Crippen LogP contribution < -0.4 is 0 Å². The molecule has 1 aromatic rings. The predicted molar refractivity (Wildman–Crippen MR) is 86.4 cm³/mol. The van der Waals surface area contributed by atoms with Crippen molar-refractivity contribution in [3.05, 3.63) is 29.6 Å². The molecule has 1 nitrogen and oxygen atoms in total. The van der Waals surface area contributed by atoms with Gasteiger partial charge in [0.25, 0.3) is 0 Å². The Morgan fingerprint density at radius 1 is 0.889 bits per heavy atom. The molecule has 0 aliphatic rings. The van der Waals surface area contributed by atoms with Crippen molar-refractivity contribution >= 4 is 23.5 Å². The van der Waals surface area contributed by atoms with Crippen LogP contribution in [0.15, 0.2) is 18.2 Å². The van der Waals surface area contributed by atoms with Gasteiger partial charge in [-0.3, -0.25) is 4.98 Å². The van der Waals surface area contributed by atoms with Gasteiger partial charge in [-0.25, -0.2) is 0 Å². The van der Waals surface area contributed by atoms with Gasteiger partial charge in [0.05, 0.1) is 11.4 Å². The first kappa shape index (κ1) is 15.9. The molecule has 1 aromatic heterocycles. The molecule has 0 saturated heterocycles. The topological polar surface area (TPSA) is 12.9 Å². The largest absolute Gasteiger partial charge is 0.256 e. The van der Waals surface area contributed by atoms with Gasteiger partial charge in [-0.15, -0.1) is 0 Å². The van der Waals surface area contributed by atoms with E-state index in [4.69, 9.17) is 4.98 Å². The summed E-state index contributed by atoms with van der Waals surface area (Å²) in [6.07, 6.45) is 5.21. The fraction of sp³-hybridized carbons (Fsp3) is 0.667. The van der Waals surface area contributed by atoms with E-state index in [9.17, 15) is 0 Å². The highest BCUT2D eigenvalue weighted by molar-refractivity contribution is 7.98. The summed E-state index contributed by atoms with van der Waals surface area (Å²) in [5.41, 5.74) is 2.48. The van der Waals surface area contributed by atoms with Gasteiger partial charge in [-0.05, 0) is 36.5 Å². The van der Waals surface area contributed by atoms with Crippen molar-refractivity contribution in [3.8, 4) is 0 Å². The van der Waals surface area contributed by atoms with E-state index in [0.29, 0.717) is 0 Å². The number of hydrogen-bond donors (Lipinski definition) is 0. The fourth-order valence-electron chi connectivity index (χ4n) is 1.54. The minimum absolute atomic E-state index is 1.06. The lowest BCUT2D eigenvalue weighted by atomic mass is 10.3. The van der Waals surface area contributed by atoms with Crippen molar-refractivity contribution in [3.63, 3.8) is 0 Å². The van der Waals surface area contributed by atoms with Crippen LogP contribution in [0.5, 0.6) is 0 Å². The standard InChI is InChI=1S/C15H25NS2/c1-3-5-10-17-12-14-8-7-9-15(16-14)13-18-11-6-4-2/h7-9H,3-6,10-13H2,1-2H3. The van der Waals surface area contributed by atoms with Crippen LogP contribution >= 0.6 is 23.5 Å². The van der Waals surface area contributed by atoms with E-state index in [1.165, 1.54) is 48.6 Å². The average molecular weight is 284 g/mol. The summed E-state index contributed by atoms with van der Waals surface area (Å²) in [7, 11) is 0. The lowest BCUT2D eigenvalue weighted by Crippen LogP contribution is -1.93. The second-order valence-electron chi connectivity index (χ2n) is 4.43. The van der Waals surface area contributed by atoms with Crippen LogP contribution in [0.2, 0.25) is 0 Å². The number of aromatic nitrogens is 1. The number of nitrogens with zero attached hydrogens (tertiary/aromatic N) is 1. The van der Waals surface area contributed by atoms with Crippen molar-refractivity contribution in [1.82, 2.24) is 4.98 Å². The number of hydrogen-bond acceptors (Lipinski definition) is 3. The van der Waals surface area contributed by atoms with Gasteiger partial charge >= 0.3 is 0 Å². The highest BCUT2D eigenvalue weighted by Gasteiger charge is 1.99. The van der Waals surface area contributed by atoms with Gasteiger partial charge in [0, 0.05) is 11.5 Å². The van der Waals surface area contributed by atoms with E-state index in [2.05, 4.69) is 32.0 Å².